The van der Waals surface area contributed by atoms with Crippen LogP contribution in [0.4, 0.5) is 0 Å². The molecule has 0 aromatic rings. The molecule has 0 N–H and O–H groups in total. The first-order chi connectivity index (χ1) is 7.30. The highest BCUT2D eigenvalue weighted by Crippen LogP contribution is 2.43. The lowest BCUT2D eigenvalue weighted by Gasteiger charge is -2.39. The zero-order valence-corrected chi connectivity index (χ0v) is 11.3. The average molecular weight is 222 g/mol. The highest BCUT2D eigenvalue weighted by Gasteiger charge is 2.31. The number of rotatable bonds is 3. The van der Waals surface area contributed by atoms with E-state index >= 15 is 0 Å². The van der Waals surface area contributed by atoms with Crippen LogP contribution >= 0.6 is 0 Å². The van der Waals surface area contributed by atoms with Crippen molar-refractivity contribution in [3.63, 3.8) is 0 Å². The highest BCUT2D eigenvalue weighted by molar-refractivity contribution is 5.75. The Morgan fingerprint density at radius 3 is 2.56 bits per heavy atom. The minimum Gasteiger partial charge on any atom is -0.300 e. The molecule has 0 spiro atoms. The number of ketones is 1. The van der Waals surface area contributed by atoms with Crippen LogP contribution in [0.15, 0.2) is 12.2 Å². The second-order valence-electron chi connectivity index (χ2n) is 6.43. The highest BCUT2D eigenvalue weighted by atomic mass is 16.1. The Hall–Kier alpha value is -0.590. The van der Waals surface area contributed by atoms with Gasteiger partial charge >= 0.3 is 0 Å². The lowest BCUT2D eigenvalue weighted by molar-refractivity contribution is -0.117. The van der Waals surface area contributed by atoms with Gasteiger partial charge in [0, 0.05) is 6.42 Å². The summed E-state index contributed by atoms with van der Waals surface area (Å²) in [5, 5.41) is 0. The van der Waals surface area contributed by atoms with Gasteiger partial charge in [-0.2, -0.15) is 0 Å². The van der Waals surface area contributed by atoms with Crippen molar-refractivity contribution in [1.82, 2.24) is 0 Å². The lowest BCUT2D eigenvalue weighted by Crippen LogP contribution is -2.28. The molecule has 92 valence electrons. The maximum absolute atomic E-state index is 11.0. The third-order valence-corrected chi connectivity index (χ3v) is 4.03. The fourth-order valence-electron chi connectivity index (χ4n) is 2.68. The van der Waals surface area contributed by atoms with Gasteiger partial charge in [0.2, 0.25) is 0 Å². The van der Waals surface area contributed by atoms with Crippen LogP contribution in [0.5, 0.6) is 0 Å². The second kappa shape index (κ2) is 5.16. The van der Waals surface area contributed by atoms with Gasteiger partial charge in [0.05, 0.1) is 0 Å². The summed E-state index contributed by atoms with van der Waals surface area (Å²) in [6.45, 7) is 12.8. The summed E-state index contributed by atoms with van der Waals surface area (Å²) >= 11 is 0. The quantitative estimate of drug-likeness (QED) is 0.648. The van der Waals surface area contributed by atoms with E-state index < -0.39 is 0 Å². The van der Waals surface area contributed by atoms with E-state index in [1.165, 1.54) is 18.4 Å². The van der Waals surface area contributed by atoms with Gasteiger partial charge in [-0.15, -0.1) is 0 Å². The summed E-state index contributed by atoms with van der Waals surface area (Å²) in [7, 11) is 0. The first-order valence-electron chi connectivity index (χ1n) is 6.48. The van der Waals surface area contributed by atoms with Crippen LogP contribution in [-0.2, 0) is 4.79 Å². The molecule has 1 aliphatic carbocycles. The van der Waals surface area contributed by atoms with Crippen molar-refractivity contribution in [2.75, 3.05) is 0 Å². The van der Waals surface area contributed by atoms with Crippen molar-refractivity contribution in [1.29, 1.82) is 0 Å². The largest absolute Gasteiger partial charge is 0.300 e. The van der Waals surface area contributed by atoms with E-state index in [2.05, 4.69) is 27.4 Å². The minimum atomic E-state index is 0.311. The van der Waals surface area contributed by atoms with Crippen LogP contribution in [-0.4, -0.2) is 5.78 Å². The normalized spacial score (nSPS) is 26.9. The summed E-state index contributed by atoms with van der Waals surface area (Å²) in [5.74, 6) is 1.68. The molecule has 1 rings (SSSR count). The molecule has 2 atom stereocenters. The Bertz CT molecular complexity index is 270. The summed E-state index contributed by atoms with van der Waals surface area (Å²) in [5.41, 5.74) is 1.77. The van der Waals surface area contributed by atoms with Crippen molar-refractivity contribution in [3.05, 3.63) is 12.2 Å². The van der Waals surface area contributed by atoms with Gasteiger partial charge in [-0.3, -0.25) is 0 Å². The van der Waals surface area contributed by atoms with Crippen molar-refractivity contribution >= 4 is 5.78 Å². The van der Waals surface area contributed by atoms with Crippen molar-refractivity contribution in [3.8, 4) is 0 Å². The zero-order valence-electron chi connectivity index (χ0n) is 11.3. The van der Waals surface area contributed by atoms with Gasteiger partial charge in [-0.1, -0.05) is 32.9 Å². The fraction of sp³-hybridized carbons (Fsp3) is 0.800. The van der Waals surface area contributed by atoms with E-state index in [1.807, 2.05) is 0 Å². The van der Waals surface area contributed by atoms with Crippen LogP contribution in [0.3, 0.4) is 0 Å². The molecule has 1 aliphatic rings. The van der Waals surface area contributed by atoms with E-state index in [4.69, 9.17) is 0 Å². The van der Waals surface area contributed by atoms with Gasteiger partial charge in [0.25, 0.3) is 0 Å². The van der Waals surface area contributed by atoms with Gasteiger partial charge in [-0.05, 0) is 49.9 Å². The van der Waals surface area contributed by atoms with Crippen molar-refractivity contribution in [2.45, 2.75) is 59.8 Å². The number of Topliss-reactive ketones (excluding diaryl/α,β-unsaturated/α-hetero) is 1. The number of allylic oxidation sites excluding steroid dienone is 1. The predicted octanol–water partition coefficient (Wildman–Crippen LogP) is 4.37. The monoisotopic (exact) mass is 222 g/mol. The Morgan fingerprint density at radius 1 is 1.44 bits per heavy atom. The predicted molar refractivity (Wildman–Crippen MR) is 69.3 cm³/mol. The maximum Gasteiger partial charge on any atom is 0.129 e. The Labute approximate surface area is 100 Å². The summed E-state index contributed by atoms with van der Waals surface area (Å²) in [4.78, 5) is 11.0. The average Bonchev–Trinajstić information content (AvgIpc) is 2.14. The van der Waals surface area contributed by atoms with Crippen molar-refractivity contribution in [2.24, 2.45) is 17.3 Å². The van der Waals surface area contributed by atoms with Gasteiger partial charge in [-0.25, -0.2) is 0 Å². The molecule has 2 unspecified atom stereocenters. The third-order valence-electron chi connectivity index (χ3n) is 4.03. The maximum atomic E-state index is 11.0. The molecule has 1 fully saturated rings. The van der Waals surface area contributed by atoms with E-state index in [1.54, 1.807) is 6.92 Å². The molecule has 0 heterocycles. The molecule has 1 saturated carbocycles. The fourth-order valence-corrected chi connectivity index (χ4v) is 2.68. The van der Waals surface area contributed by atoms with Crippen molar-refractivity contribution < 1.29 is 4.79 Å². The molecule has 0 aromatic carbocycles. The van der Waals surface area contributed by atoms with Crippen LogP contribution < -0.4 is 0 Å². The first kappa shape index (κ1) is 13.5. The molecular formula is C15H26O. The van der Waals surface area contributed by atoms with Crippen LogP contribution in [0.2, 0.25) is 0 Å². The second-order valence-corrected chi connectivity index (χ2v) is 6.43. The summed E-state index contributed by atoms with van der Waals surface area (Å²) in [6.07, 6.45) is 5.40. The molecule has 0 saturated heterocycles. The van der Waals surface area contributed by atoms with E-state index in [9.17, 15) is 4.79 Å². The summed E-state index contributed by atoms with van der Waals surface area (Å²) < 4.78 is 0. The standard InChI is InChI=1S/C15H26O/c1-11-6-9-14(15(3,4)5)10-13(11)8-7-12(2)16/h13-14H,1,6-10H2,2-5H3. The molecule has 0 bridgehead atoms. The Kier molecular flexibility index (Phi) is 4.35. The van der Waals surface area contributed by atoms with Crippen LogP contribution in [0, 0.1) is 17.3 Å². The number of hydrogen-bond acceptors (Lipinski definition) is 1. The van der Waals surface area contributed by atoms with E-state index in [0.717, 1.165) is 25.2 Å². The topological polar surface area (TPSA) is 17.1 Å². The number of carbonyl (C=O) groups is 1. The van der Waals surface area contributed by atoms with Crippen LogP contribution in [0.25, 0.3) is 0 Å². The number of hydrogen-bond donors (Lipinski definition) is 0. The Balaban J connectivity index is 2.55. The smallest absolute Gasteiger partial charge is 0.129 e. The van der Waals surface area contributed by atoms with E-state index in [-0.39, 0.29) is 0 Å². The molecule has 0 radical (unpaired) electrons. The molecule has 0 aliphatic heterocycles. The molecule has 1 heteroatoms. The number of carbonyl (C=O) groups excluding carboxylic acids is 1. The van der Waals surface area contributed by atoms with Crippen LogP contribution in [0.1, 0.15) is 59.8 Å². The Morgan fingerprint density at radius 2 is 2.06 bits per heavy atom. The molecule has 0 amide bonds. The molecule has 16 heavy (non-hydrogen) atoms. The van der Waals surface area contributed by atoms with Gasteiger partial charge in [0.15, 0.2) is 0 Å². The van der Waals surface area contributed by atoms with Gasteiger partial charge < -0.3 is 4.79 Å². The third kappa shape index (κ3) is 3.77. The first-order valence-corrected chi connectivity index (χ1v) is 6.48. The molecular weight excluding hydrogens is 196 g/mol. The summed E-state index contributed by atoms with van der Waals surface area (Å²) in [6, 6.07) is 0. The zero-order chi connectivity index (χ0) is 12.3. The SMILES string of the molecule is C=C1CCC(C(C)(C)C)CC1CCC(C)=O. The molecule has 1 nitrogen and oxygen atoms in total. The lowest BCUT2D eigenvalue weighted by atomic mass is 9.67. The molecule has 0 aromatic heterocycles. The minimum absolute atomic E-state index is 0.311. The van der Waals surface area contributed by atoms with E-state index in [0.29, 0.717) is 17.1 Å². The van der Waals surface area contributed by atoms with Gasteiger partial charge in [0.1, 0.15) is 5.78 Å².